The highest BCUT2D eigenvalue weighted by Gasteiger charge is 2.30. The topological polar surface area (TPSA) is 55.3 Å². The van der Waals surface area contributed by atoms with Crippen LogP contribution in [0.15, 0.2) is 6.07 Å². The SMILES string of the molecule is Cc1cc(C(=O)NC2(C)CCNCC2)c(C)n1C1CCOC1. The van der Waals surface area contributed by atoms with E-state index in [0.717, 1.165) is 62.5 Å². The number of carbonyl (C=O) groups excluding carboxylic acids is 1. The van der Waals surface area contributed by atoms with Gasteiger partial charge in [0.2, 0.25) is 0 Å². The maximum Gasteiger partial charge on any atom is 0.253 e. The minimum Gasteiger partial charge on any atom is -0.379 e. The molecular formula is C17H27N3O2. The molecule has 0 saturated carbocycles. The standard InChI is InChI=1S/C17H27N3O2/c1-12-10-15(13(2)20(12)14-4-9-22-11-14)16(21)19-17(3)5-7-18-8-6-17/h10,14,18H,4-9,11H2,1-3H3,(H,19,21). The fourth-order valence-corrected chi connectivity index (χ4v) is 3.74. The average Bonchev–Trinajstić information content (AvgIpc) is 3.07. The number of nitrogens with zero attached hydrogens (tertiary/aromatic N) is 1. The molecule has 1 atom stereocenters. The first-order valence-electron chi connectivity index (χ1n) is 8.29. The van der Waals surface area contributed by atoms with Gasteiger partial charge in [0.05, 0.1) is 18.2 Å². The van der Waals surface area contributed by atoms with E-state index in [1.54, 1.807) is 0 Å². The lowest BCUT2D eigenvalue weighted by atomic mass is 9.90. The number of hydrogen-bond acceptors (Lipinski definition) is 3. The van der Waals surface area contributed by atoms with Crippen LogP contribution < -0.4 is 10.6 Å². The molecule has 1 amide bonds. The quantitative estimate of drug-likeness (QED) is 0.897. The second-order valence-corrected chi connectivity index (χ2v) is 6.94. The van der Waals surface area contributed by atoms with Crippen LogP contribution in [0.4, 0.5) is 0 Å². The number of amides is 1. The molecule has 2 fully saturated rings. The van der Waals surface area contributed by atoms with E-state index < -0.39 is 0 Å². The minimum atomic E-state index is -0.0960. The van der Waals surface area contributed by atoms with Crippen LogP contribution in [0.5, 0.6) is 0 Å². The Kier molecular flexibility index (Phi) is 4.28. The minimum absolute atomic E-state index is 0.0580. The van der Waals surface area contributed by atoms with Crippen LogP contribution in [0.3, 0.4) is 0 Å². The van der Waals surface area contributed by atoms with Gasteiger partial charge >= 0.3 is 0 Å². The molecule has 0 bridgehead atoms. The predicted octanol–water partition coefficient (Wildman–Crippen LogP) is 1.94. The van der Waals surface area contributed by atoms with Crippen LogP contribution in [-0.4, -0.2) is 42.3 Å². The summed E-state index contributed by atoms with van der Waals surface area (Å²) >= 11 is 0. The maximum atomic E-state index is 12.7. The van der Waals surface area contributed by atoms with Gasteiger partial charge in [-0.2, -0.15) is 0 Å². The molecule has 2 aliphatic heterocycles. The lowest BCUT2D eigenvalue weighted by Crippen LogP contribution is -2.52. The first-order chi connectivity index (χ1) is 10.5. The number of aryl methyl sites for hydroxylation is 1. The van der Waals surface area contributed by atoms with Crippen molar-refractivity contribution in [2.24, 2.45) is 0 Å². The second-order valence-electron chi connectivity index (χ2n) is 6.94. The molecule has 0 aromatic carbocycles. The number of carbonyl (C=O) groups is 1. The summed E-state index contributed by atoms with van der Waals surface area (Å²) in [5.41, 5.74) is 2.92. The highest BCUT2D eigenvalue weighted by Crippen LogP contribution is 2.27. The summed E-state index contributed by atoms with van der Waals surface area (Å²) in [4.78, 5) is 12.7. The molecule has 0 spiro atoms. The Labute approximate surface area is 132 Å². The van der Waals surface area contributed by atoms with Crippen LogP contribution in [0.2, 0.25) is 0 Å². The Morgan fingerprint density at radius 1 is 1.41 bits per heavy atom. The van der Waals surface area contributed by atoms with E-state index in [4.69, 9.17) is 4.74 Å². The van der Waals surface area contributed by atoms with E-state index in [-0.39, 0.29) is 11.4 Å². The highest BCUT2D eigenvalue weighted by molar-refractivity contribution is 5.96. The molecule has 122 valence electrons. The number of piperidine rings is 1. The van der Waals surface area contributed by atoms with Crippen LogP contribution in [0.1, 0.15) is 54.0 Å². The number of hydrogen-bond donors (Lipinski definition) is 2. The van der Waals surface area contributed by atoms with Gasteiger partial charge in [0, 0.05) is 23.5 Å². The van der Waals surface area contributed by atoms with Crippen molar-refractivity contribution < 1.29 is 9.53 Å². The van der Waals surface area contributed by atoms with Gasteiger partial charge in [-0.25, -0.2) is 0 Å². The third kappa shape index (κ3) is 2.92. The Balaban J connectivity index is 1.79. The molecule has 22 heavy (non-hydrogen) atoms. The Morgan fingerprint density at radius 3 is 2.77 bits per heavy atom. The number of aromatic nitrogens is 1. The van der Waals surface area contributed by atoms with Crippen LogP contribution >= 0.6 is 0 Å². The molecule has 0 radical (unpaired) electrons. The van der Waals surface area contributed by atoms with E-state index >= 15 is 0 Å². The number of rotatable bonds is 3. The number of nitrogens with one attached hydrogen (secondary N) is 2. The van der Waals surface area contributed by atoms with Gasteiger partial charge in [0.1, 0.15) is 0 Å². The fourth-order valence-electron chi connectivity index (χ4n) is 3.74. The second kappa shape index (κ2) is 6.05. The average molecular weight is 305 g/mol. The van der Waals surface area contributed by atoms with E-state index in [1.165, 1.54) is 0 Å². The molecule has 1 unspecified atom stereocenters. The first kappa shape index (κ1) is 15.6. The van der Waals surface area contributed by atoms with Crippen LogP contribution in [0.25, 0.3) is 0 Å². The molecule has 5 heteroatoms. The van der Waals surface area contributed by atoms with Crippen molar-refractivity contribution >= 4 is 5.91 Å². The van der Waals surface area contributed by atoms with Gasteiger partial charge in [-0.3, -0.25) is 4.79 Å². The van der Waals surface area contributed by atoms with Crippen molar-refractivity contribution in [3.8, 4) is 0 Å². The van der Waals surface area contributed by atoms with Gasteiger partial charge in [-0.15, -0.1) is 0 Å². The van der Waals surface area contributed by atoms with Gasteiger partial charge in [0.15, 0.2) is 0 Å². The van der Waals surface area contributed by atoms with Crippen molar-refractivity contribution in [3.63, 3.8) is 0 Å². The molecular weight excluding hydrogens is 278 g/mol. The summed E-state index contributed by atoms with van der Waals surface area (Å²) in [6, 6.07) is 2.39. The lowest BCUT2D eigenvalue weighted by molar-refractivity contribution is 0.0886. The van der Waals surface area contributed by atoms with Gasteiger partial charge in [-0.1, -0.05) is 0 Å². The summed E-state index contributed by atoms with van der Waals surface area (Å²) in [7, 11) is 0. The smallest absolute Gasteiger partial charge is 0.253 e. The largest absolute Gasteiger partial charge is 0.379 e. The zero-order chi connectivity index (χ0) is 15.7. The monoisotopic (exact) mass is 305 g/mol. The van der Waals surface area contributed by atoms with Crippen molar-refractivity contribution in [2.45, 2.75) is 51.6 Å². The summed E-state index contributed by atoms with van der Waals surface area (Å²) in [6.45, 7) is 9.77. The molecule has 1 aromatic heterocycles. The molecule has 3 rings (SSSR count). The maximum absolute atomic E-state index is 12.7. The molecule has 0 aliphatic carbocycles. The van der Waals surface area contributed by atoms with Gasteiger partial charge in [-0.05, 0) is 59.2 Å². The van der Waals surface area contributed by atoms with Gasteiger partial charge < -0.3 is 19.9 Å². The fraction of sp³-hybridized carbons (Fsp3) is 0.706. The van der Waals surface area contributed by atoms with Crippen LogP contribution in [0, 0.1) is 13.8 Å². The van der Waals surface area contributed by atoms with Crippen molar-refractivity contribution in [1.82, 2.24) is 15.2 Å². The van der Waals surface area contributed by atoms with Crippen molar-refractivity contribution in [3.05, 3.63) is 23.0 Å². The molecule has 1 aromatic rings. The third-order valence-electron chi connectivity index (χ3n) is 5.12. The Morgan fingerprint density at radius 2 is 2.14 bits per heavy atom. The van der Waals surface area contributed by atoms with E-state index in [9.17, 15) is 4.79 Å². The summed E-state index contributed by atoms with van der Waals surface area (Å²) in [5, 5.41) is 6.61. The zero-order valence-electron chi connectivity index (χ0n) is 13.9. The highest BCUT2D eigenvalue weighted by atomic mass is 16.5. The van der Waals surface area contributed by atoms with Crippen molar-refractivity contribution in [2.75, 3.05) is 26.3 Å². The predicted molar refractivity (Wildman–Crippen MR) is 86.4 cm³/mol. The molecule has 2 aliphatic rings. The zero-order valence-corrected chi connectivity index (χ0v) is 13.9. The van der Waals surface area contributed by atoms with E-state index in [1.807, 2.05) is 13.0 Å². The lowest BCUT2D eigenvalue weighted by Gasteiger charge is -2.35. The molecule has 3 heterocycles. The molecule has 2 saturated heterocycles. The number of ether oxygens (including phenoxy) is 1. The van der Waals surface area contributed by atoms with E-state index in [0.29, 0.717) is 6.04 Å². The molecule has 5 nitrogen and oxygen atoms in total. The summed E-state index contributed by atoms with van der Waals surface area (Å²) < 4.78 is 7.77. The summed E-state index contributed by atoms with van der Waals surface area (Å²) in [6.07, 6.45) is 2.99. The summed E-state index contributed by atoms with van der Waals surface area (Å²) in [5.74, 6) is 0.0580. The molecule has 2 N–H and O–H groups in total. The van der Waals surface area contributed by atoms with E-state index in [2.05, 4.69) is 29.0 Å². The van der Waals surface area contributed by atoms with Crippen molar-refractivity contribution in [1.29, 1.82) is 0 Å². The Hall–Kier alpha value is -1.33. The van der Waals surface area contributed by atoms with Crippen LogP contribution in [-0.2, 0) is 4.74 Å². The first-order valence-corrected chi connectivity index (χ1v) is 8.29. The van der Waals surface area contributed by atoms with Gasteiger partial charge in [0.25, 0.3) is 5.91 Å². The normalized spacial score (nSPS) is 24.4. The third-order valence-corrected chi connectivity index (χ3v) is 5.12. The Bertz CT molecular complexity index is 552.